The molecule has 0 aliphatic rings. The number of rotatable bonds is 9. The lowest BCUT2D eigenvalue weighted by Crippen LogP contribution is -2.32. The fraction of sp³-hybridized carbons (Fsp3) is 0.364. The van der Waals surface area contributed by atoms with E-state index in [0.717, 1.165) is 28.2 Å². The first kappa shape index (κ1) is 23.2. The van der Waals surface area contributed by atoms with Gasteiger partial charge in [0.05, 0.1) is 20.7 Å². The summed E-state index contributed by atoms with van der Waals surface area (Å²) < 4.78 is 33.6. The Morgan fingerprint density at radius 1 is 1.03 bits per heavy atom. The van der Waals surface area contributed by atoms with Crippen molar-refractivity contribution in [3.63, 3.8) is 0 Å². The van der Waals surface area contributed by atoms with Crippen LogP contribution in [0.15, 0.2) is 47.4 Å². The lowest BCUT2D eigenvalue weighted by Gasteiger charge is -2.21. The highest BCUT2D eigenvalue weighted by Gasteiger charge is 2.23. The third kappa shape index (κ3) is 5.23. The summed E-state index contributed by atoms with van der Waals surface area (Å²) in [5.74, 6) is -0.125. The van der Waals surface area contributed by atoms with E-state index < -0.39 is 16.0 Å². The van der Waals surface area contributed by atoms with E-state index in [9.17, 15) is 13.2 Å². The maximum Gasteiger partial charge on any atom is 0.343 e. The number of aromatic nitrogens is 1. The molecule has 0 fully saturated rings. The minimum atomic E-state index is -3.58. The van der Waals surface area contributed by atoms with E-state index in [1.807, 2.05) is 38.9 Å². The summed E-state index contributed by atoms with van der Waals surface area (Å²) >= 11 is 1.51. The van der Waals surface area contributed by atoms with Crippen molar-refractivity contribution in [3.8, 4) is 5.75 Å². The smallest absolute Gasteiger partial charge is 0.343 e. The maximum atomic E-state index is 12.9. The molecule has 0 N–H and O–H groups in total. The van der Waals surface area contributed by atoms with E-state index >= 15 is 0 Å². The molecule has 0 saturated carbocycles. The van der Waals surface area contributed by atoms with E-state index in [2.05, 4.69) is 4.98 Å². The Morgan fingerprint density at radius 3 is 2.26 bits per heavy atom. The quantitative estimate of drug-likeness (QED) is 0.347. The minimum absolute atomic E-state index is 0.174. The van der Waals surface area contributed by atoms with E-state index in [1.54, 1.807) is 12.1 Å². The van der Waals surface area contributed by atoms with E-state index in [-0.39, 0.29) is 10.5 Å². The van der Waals surface area contributed by atoms with Gasteiger partial charge in [0.15, 0.2) is 5.13 Å². The summed E-state index contributed by atoms with van der Waals surface area (Å²) in [5.41, 5.74) is 1.13. The predicted molar refractivity (Wildman–Crippen MR) is 125 cm³/mol. The Hall–Kier alpha value is -2.49. The summed E-state index contributed by atoms with van der Waals surface area (Å²) in [6.45, 7) is 4.83. The van der Waals surface area contributed by atoms with Gasteiger partial charge in [0, 0.05) is 33.3 Å². The lowest BCUT2D eigenvalue weighted by atomic mass is 10.2. The third-order valence-corrected chi connectivity index (χ3v) is 7.71. The Balaban J connectivity index is 1.76. The van der Waals surface area contributed by atoms with Crippen LogP contribution >= 0.6 is 11.3 Å². The zero-order valence-corrected chi connectivity index (χ0v) is 19.8. The third-order valence-electron chi connectivity index (χ3n) is 4.62. The summed E-state index contributed by atoms with van der Waals surface area (Å²) in [7, 11) is 0.262. The molecule has 0 saturated heterocycles. The van der Waals surface area contributed by atoms with Crippen LogP contribution < -0.4 is 9.64 Å². The number of ether oxygens (including phenoxy) is 1. The zero-order chi connectivity index (χ0) is 22.6. The van der Waals surface area contributed by atoms with E-state index in [0.29, 0.717) is 18.8 Å². The molecule has 2 aromatic carbocycles. The fourth-order valence-electron chi connectivity index (χ4n) is 3.08. The first-order chi connectivity index (χ1) is 14.8. The van der Waals surface area contributed by atoms with Crippen LogP contribution in [0.1, 0.15) is 37.0 Å². The van der Waals surface area contributed by atoms with Crippen molar-refractivity contribution in [2.75, 3.05) is 32.1 Å². The van der Waals surface area contributed by atoms with Crippen molar-refractivity contribution >= 4 is 42.7 Å². The molecule has 0 spiro atoms. The fourth-order valence-corrected chi connectivity index (χ4v) is 5.62. The van der Waals surface area contributed by atoms with Gasteiger partial charge in [0.25, 0.3) is 0 Å². The van der Waals surface area contributed by atoms with Crippen LogP contribution in [0.5, 0.6) is 5.75 Å². The second kappa shape index (κ2) is 9.76. The SMILES string of the molecule is CCCN(CCC)S(=O)(=O)c1ccc(C(=O)Oc2ccc3nc(N(C)C)sc3c2)cc1. The molecule has 31 heavy (non-hydrogen) atoms. The van der Waals surface area contributed by atoms with Gasteiger partial charge in [-0.3, -0.25) is 0 Å². The normalized spacial score (nSPS) is 11.8. The van der Waals surface area contributed by atoms with Gasteiger partial charge in [0.2, 0.25) is 10.0 Å². The molecule has 1 heterocycles. The van der Waals surface area contributed by atoms with Crippen molar-refractivity contribution in [3.05, 3.63) is 48.0 Å². The Labute approximate surface area is 187 Å². The van der Waals surface area contributed by atoms with Gasteiger partial charge in [-0.05, 0) is 49.2 Å². The highest BCUT2D eigenvalue weighted by Crippen LogP contribution is 2.30. The van der Waals surface area contributed by atoms with E-state index in [1.165, 1.54) is 39.9 Å². The molecule has 0 aliphatic heterocycles. The average molecular weight is 462 g/mol. The van der Waals surface area contributed by atoms with Crippen molar-refractivity contribution in [1.82, 2.24) is 9.29 Å². The standard InChI is InChI=1S/C22H27N3O4S2/c1-5-13-25(14-6-2)31(27,28)18-10-7-16(8-11-18)21(26)29-17-9-12-19-20(15-17)30-22(23-19)24(3)4/h7-12,15H,5-6,13-14H2,1-4H3. The molecule has 3 rings (SSSR count). The number of anilines is 1. The van der Waals surface area contributed by atoms with E-state index in [4.69, 9.17) is 4.74 Å². The molecule has 9 heteroatoms. The number of carbonyl (C=O) groups is 1. The number of fused-ring (bicyclic) bond motifs is 1. The minimum Gasteiger partial charge on any atom is -0.423 e. The van der Waals surface area contributed by atoms with Crippen molar-refractivity contribution in [2.45, 2.75) is 31.6 Å². The van der Waals surface area contributed by atoms with Crippen molar-refractivity contribution < 1.29 is 17.9 Å². The molecule has 0 aliphatic carbocycles. The first-order valence-electron chi connectivity index (χ1n) is 10.2. The molecule has 1 aromatic heterocycles. The Bertz CT molecular complexity index is 1150. The number of hydrogen-bond acceptors (Lipinski definition) is 7. The predicted octanol–water partition coefficient (Wildman–Crippen LogP) is 4.39. The van der Waals surface area contributed by atoms with Crippen molar-refractivity contribution in [2.24, 2.45) is 0 Å². The highest BCUT2D eigenvalue weighted by molar-refractivity contribution is 7.89. The molecular weight excluding hydrogens is 434 g/mol. The van der Waals surface area contributed by atoms with Gasteiger partial charge in [0.1, 0.15) is 5.75 Å². The molecule has 0 atom stereocenters. The molecule has 166 valence electrons. The van der Waals surface area contributed by atoms with Crippen LogP contribution in [0.25, 0.3) is 10.2 Å². The van der Waals surface area contributed by atoms with Crippen LogP contribution in [-0.4, -0.2) is 50.9 Å². The molecule has 0 bridgehead atoms. The van der Waals surface area contributed by atoms with Gasteiger partial charge in [-0.25, -0.2) is 18.2 Å². The van der Waals surface area contributed by atoms with Crippen LogP contribution in [0.2, 0.25) is 0 Å². The van der Waals surface area contributed by atoms with Gasteiger partial charge >= 0.3 is 5.97 Å². The summed E-state index contributed by atoms with van der Waals surface area (Å²) in [5, 5.41) is 0.871. The average Bonchev–Trinajstić information content (AvgIpc) is 3.17. The summed E-state index contributed by atoms with van der Waals surface area (Å²) in [4.78, 5) is 19.2. The maximum absolute atomic E-state index is 12.9. The number of hydrogen-bond donors (Lipinski definition) is 0. The van der Waals surface area contributed by atoms with Crippen molar-refractivity contribution in [1.29, 1.82) is 0 Å². The molecular formula is C22H27N3O4S2. The van der Waals surface area contributed by atoms with Gasteiger partial charge in [-0.1, -0.05) is 25.2 Å². The molecule has 0 amide bonds. The number of esters is 1. The first-order valence-corrected chi connectivity index (χ1v) is 12.4. The second-order valence-electron chi connectivity index (χ2n) is 7.34. The number of sulfonamides is 1. The Morgan fingerprint density at radius 2 is 1.68 bits per heavy atom. The molecule has 0 radical (unpaired) electrons. The molecule has 3 aromatic rings. The molecule has 0 unspecified atom stereocenters. The number of thiazole rings is 1. The van der Waals surface area contributed by atoms with Crippen LogP contribution in [-0.2, 0) is 10.0 Å². The summed E-state index contributed by atoms with van der Waals surface area (Å²) in [6, 6.07) is 11.2. The monoisotopic (exact) mass is 461 g/mol. The van der Waals surface area contributed by atoms with Crippen LogP contribution in [0.3, 0.4) is 0 Å². The number of benzene rings is 2. The van der Waals surface area contributed by atoms with Gasteiger partial charge in [-0.2, -0.15) is 4.31 Å². The van der Waals surface area contributed by atoms with Crippen LogP contribution in [0, 0.1) is 0 Å². The zero-order valence-electron chi connectivity index (χ0n) is 18.2. The number of carbonyl (C=O) groups excluding carboxylic acids is 1. The largest absolute Gasteiger partial charge is 0.423 e. The molecule has 7 nitrogen and oxygen atoms in total. The van der Waals surface area contributed by atoms with Gasteiger partial charge < -0.3 is 9.64 Å². The van der Waals surface area contributed by atoms with Gasteiger partial charge in [-0.15, -0.1) is 0 Å². The number of nitrogens with zero attached hydrogens (tertiary/aromatic N) is 3. The topological polar surface area (TPSA) is 79.8 Å². The summed E-state index contributed by atoms with van der Waals surface area (Å²) in [6.07, 6.45) is 1.48. The second-order valence-corrected chi connectivity index (χ2v) is 10.3. The van der Waals surface area contributed by atoms with Crippen LogP contribution in [0.4, 0.5) is 5.13 Å². The lowest BCUT2D eigenvalue weighted by molar-refractivity contribution is 0.0735. The highest BCUT2D eigenvalue weighted by atomic mass is 32.2. The Kier molecular flexibility index (Phi) is 7.30.